The van der Waals surface area contributed by atoms with E-state index in [2.05, 4.69) is 18.8 Å². The van der Waals surface area contributed by atoms with E-state index in [9.17, 15) is 4.79 Å². The zero-order valence-electron chi connectivity index (χ0n) is 19.1. The maximum atomic E-state index is 12.8. The van der Waals surface area contributed by atoms with E-state index < -0.39 is 0 Å². The summed E-state index contributed by atoms with van der Waals surface area (Å²) in [5.74, 6) is 0.271. The molecule has 166 valence electrons. The quantitative estimate of drug-likeness (QED) is 0.223. The minimum Gasteiger partial charge on any atom is -0.462 e. The van der Waals surface area contributed by atoms with E-state index in [1.165, 1.54) is 77.0 Å². The van der Waals surface area contributed by atoms with Crippen LogP contribution in [0.5, 0.6) is 0 Å². The largest absolute Gasteiger partial charge is 0.462 e. The van der Waals surface area contributed by atoms with Crippen molar-refractivity contribution in [2.45, 2.75) is 90.9 Å². The Balaban J connectivity index is 1.85. The highest BCUT2D eigenvalue weighted by atomic mass is 16.5. The number of H-pyrrole nitrogens is 1. The minimum atomic E-state index is -0.211. The number of nitrogens with one attached hydrogen (secondary N) is 1. The molecular weight excluding hydrogens is 370 g/mol. The van der Waals surface area contributed by atoms with Crippen LogP contribution >= 0.6 is 0 Å². The smallest absolute Gasteiger partial charge is 0.340 e. The fourth-order valence-corrected chi connectivity index (χ4v) is 4.04. The number of rotatable bonds is 16. The van der Waals surface area contributed by atoms with Crippen molar-refractivity contribution >= 4 is 5.97 Å². The highest BCUT2D eigenvalue weighted by Gasteiger charge is 2.18. The van der Waals surface area contributed by atoms with Gasteiger partial charge in [-0.15, -0.1) is 0 Å². The summed E-state index contributed by atoms with van der Waals surface area (Å²) in [6.07, 6.45) is 17.1. The normalized spacial score (nSPS) is 12.1. The average molecular weight is 412 g/mol. The third kappa shape index (κ3) is 8.77. The Labute approximate surface area is 183 Å². The molecule has 30 heavy (non-hydrogen) atoms. The van der Waals surface area contributed by atoms with Crippen LogP contribution < -0.4 is 0 Å². The molecule has 1 N–H and O–H groups in total. The van der Waals surface area contributed by atoms with Crippen LogP contribution in [-0.2, 0) is 4.74 Å². The molecule has 0 saturated carbocycles. The molecule has 0 saturated heterocycles. The third-order valence-electron chi connectivity index (χ3n) is 5.91. The second-order valence-corrected chi connectivity index (χ2v) is 8.50. The van der Waals surface area contributed by atoms with Crippen LogP contribution in [0.3, 0.4) is 0 Å². The third-order valence-corrected chi connectivity index (χ3v) is 5.91. The van der Waals surface area contributed by atoms with Crippen LogP contribution in [0.1, 0.15) is 101 Å². The minimum absolute atomic E-state index is 0.211. The van der Waals surface area contributed by atoms with Gasteiger partial charge in [0.25, 0.3) is 0 Å². The van der Waals surface area contributed by atoms with Crippen molar-refractivity contribution in [2.24, 2.45) is 5.92 Å². The van der Waals surface area contributed by atoms with Gasteiger partial charge in [-0.05, 0) is 30.4 Å². The maximum Gasteiger partial charge on any atom is 0.340 e. The van der Waals surface area contributed by atoms with Crippen LogP contribution in [0.4, 0.5) is 0 Å². The summed E-state index contributed by atoms with van der Waals surface area (Å²) in [6.45, 7) is 5.05. The molecular formula is C27H41NO2. The van der Waals surface area contributed by atoms with Gasteiger partial charge in [0.15, 0.2) is 0 Å². The summed E-state index contributed by atoms with van der Waals surface area (Å²) in [5.41, 5.74) is 2.49. The van der Waals surface area contributed by atoms with Crippen LogP contribution in [0.15, 0.2) is 42.6 Å². The van der Waals surface area contributed by atoms with Gasteiger partial charge < -0.3 is 9.72 Å². The lowest BCUT2D eigenvalue weighted by Gasteiger charge is -2.17. The second kappa shape index (κ2) is 14.9. The standard InChI is InChI=1S/C27H41NO2/c1-3-5-7-9-10-13-17-23(16-12-8-6-4-2)22-30-27(29)25-20-21-28-26(25)24-18-14-11-15-19-24/h11,14-15,18-21,23,28H,3-10,12-13,16-17,22H2,1-2H3. The summed E-state index contributed by atoms with van der Waals surface area (Å²) >= 11 is 0. The molecule has 1 aromatic heterocycles. The Hall–Kier alpha value is -2.03. The number of aromatic nitrogens is 1. The van der Waals surface area contributed by atoms with Gasteiger partial charge in [0, 0.05) is 6.20 Å². The highest BCUT2D eigenvalue weighted by Crippen LogP contribution is 2.24. The molecule has 0 radical (unpaired) electrons. The van der Waals surface area contributed by atoms with Gasteiger partial charge in [-0.1, -0.05) is 108 Å². The molecule has 0 bridgehead atoms. The van der Waals surface area contributed by atoms with Crippen LogP contribution in [-0.4, -0.2) is 17.6 Å². The van der Waals surface area contributed by atoms with Gasteiger partial charge in [-0.3, -0.25) is 0 Å². The number of benzene rings is 1. The summed E-state index contributed by atoms with van der Waals surface area (Å²) in [5, 5.41) is 0. The van der Waals surface area contributed by atoms with Crippen LogP contribution in [0, 0.1) is 5.92 Å². The van der Waals surface area contributed by atoms with Crippen molar-refractivity contribution in [2.75, 3.05) is 6.61 Å². The average Bonchev–Trinajstić information content (AvgIpc) is 3.27. The van der Waals surface area contributed by atoms with Gasteiger partial charge in [-0.25, -0.2) is 4.79 Å². The molecule has 0 amide bonds. The molecule has 0 aliphatic heterocycles. The predicted octanol–water partition coefficient (Wildman–Crippen LogP) is 8.18. The molecule has 0 spiro atoms. The van der Waals surface area contributed by atoms with Gasteiger partial charge >= 0.3 is 5.97 Å². The van der Waals surface area contributed by atoms with Crippen molar-refractivity contribution in [3.05, 3.63) is 48.2 Å². The van der Waals surface area contributed by atoms with Gasteiger partial charge in [0.1, 0.15) is 0 Å². The molecule has 3 nitrogen and oxygen atoms in total. The fraction of sp³-hybridized carbons (Fsp3) is 0.593. The number of hydrogen-bond acceptors (Lipinski definition) is 2. The first-order chi connectivity index (χ1) is 14.8. The monoisotopic (exact) mass is 411 g/mol. The molecule has 0 aliphatic rings. The highest BCUT2D eigenvalue weighted by molar-refractivity contribution is 5.96. The number of carbonyl (C=O) groups is 1. The Bertz CT molecular complexity index is 692. The van der Waals surface area contributed by atoms with E-state index >= 15 is 0 Å². The number of ether oxygens (including phenoxy) is 1. The Morgan fingerprint density at radius 2 is 1.43 bits per heavy atom. The number of esters is 1. The topological polar surface area (TPSA) is 42.1 Å². The zero-order chi connectivity index (χ0) is 21.4. The lowest BCUT2D eigenvalue weighted by Crippen LogP contribution is -2.15. The van der Waals surface area contributed by atoms with Crippen molar-refractivity contribution in [1.82, 2.24) is 4.98 Å². The van der Waals surface area contributed by atoms with Crippen LogP contribution in [0.25, 0.3) is 11.3 Å². The molecule has 2 aromatic rings. The molecule has 3 heteroatoms. The fourth-order valence-electron chi connectivity index (χ4n) is 4.04. The van der Waals surface area contributed by atoms with Crippen molar-refractivity contribution in [3.63, 3.8) is 0 Å². The summed E-state index contributed by atoms with van der Waals surface area (Å²) < 4.78 is 5.80. The van der Waals surface area contributed by atoms with E-state index in [1.807, 2.05) is 42.6 Å². The van der Waals surface area contributed by atoms with Gasteiger partial charge in [0.05, 0.1) is 17.9 Å². The Morgan fingerprint density at radius 1 is 0.833 bits per heavy atom. The van der Waals surface area contributed by atoms with E-state index in [4.69, 9.17) is 4.74 Å². The number of hydrogen-bond donors (Lipinski definition) is 1. The summed E-state index contributed by atoms with van der Waals surface area (Å²) in [7, 11) is 0. The number of carbonyl (C=O) groups excluding carboxylic acids is 1. The predicted molar refractivity (Wildman–Crippen MR) is 127 cm³/mol. The van der Waals surface area contributed by atoms with E-state index in [-0.39, 0.29) is 5.97 Å². The second-order valence-electron chi connectivity index (χ2n) is 8.50. The Kier molecular flexibility index (Phi) is 12.0. The first-order valence-electron chi connectivity index (χ1n) is 12.2. The lowest BCUT2D eigenvalue weighted by atomic mass is 9.95. The van der Waals surface area contributed by atoms with Gasteiger partial charge in [-0.2, -0.15) is 0 Å². The van der Waals surface area contributed by atoms with Gasteiger partial charge in [0.2, 0.25) is 0 Å². The van der Waals surface area contributed by atoms with Crippen LogP contribution in [0.2, 0.25) is 0 Å². The maximum absolute atomic E-state index is 12.8. The molecule has 2 rings (SSSR count). The molecule has 1 aromatic carbocycles. The van der Waals surface area contributed by atoms with E-state index in [1.54, 1.807) is 0 Å². The molecule has 0 fully saturated rings. The SMILES string of the molecule is CCCCCCCCC(CCCCCC)COC(=O)c1cc[nH]c1-c1ccccc1. The summed E-state index contributed by atoms with van der Waals surface area (Å²) in [4.78, 5) is 16.0. The van der Waals surface area contributed by atoms with E-state index in [0.29, 0.717) is 18.1 Å². The van der Waals surface area contributed by atoms with Crippen molar-refractivity contribution < 1.29 is 9.53 Å². The molecule has 0 aliphatic carbocycles. The summed E-state index contributed by atoms with van der Waals surface area (Å²) in [6, 6.07) is 11.8. The number of unbranched alkanes of at least 4 members (excludes halogenated alkanes) is 8. The first-order valence-corrected chi connectivity index (χ1v) is 12.2. The molecule has 1 heterocycles. The molecule has 1 atom stereocenters. The molecule has 1 unspecified atom stereocenters. The Morgan fingerprint density at radius 3 is 2.10 bits per heavy atom. The van der Waals surface area contributed by atoms with Crippen molar-refractivity contribution in [1.29, 1.82) is 0 Å². The van der Waals surface area contributed by atoms with E-state index in [0.717, 1.165) is 11.3 Å². The van der Waals surface area contributed by atoms with Crippen molar-refractivity contribution in [3.8, 4) is 11.3 Å². The first kappa shape index (κ1) is 24.2. The zero-order valence-corrected chi connectivity index (χ0v) is 19.1. The lowest BCUT2D eigenvalue weighted by molar-refractivity contribution is 0.0423. The number of aromatic amines is 1.